The van der Waals surface area contributed by atoms with Gasteiger partial charge in [-0.25, -0.2) is 9.97 Å². The van der Waals surface area contributed by atoms with Crippen LogP contribution in [-0.2, 0) is 0 Å². The first-order valence-electron chi connectivity index (χ1n) is 6.57. The highest BCUT2D eigenvalue weighted by Gasteiger charge is 2.27. The molecule has 0 aliphatic heterocycles. The predicted molar refractivity (Wildman–Crippen MR) is 77.9 cm³/mol. The minimum absolute atomic E-state index is 0.489. The van der Waals surface area contributed by atoms with Crippen LogP contribution in [0.5, 0.6) is 0 Å². The van der Waals surface area contributed by atoms with Gasteiger partial charge in [-0.15, -0.1) is 0 Å². The van der Waals surface area contributed by atoms with Crippen LogP contribution in [0.3, 0.4) is 0 Å². The van der Waals surface area contributed by atoms with Crippen LogP contribution in [0.15, 0.2) is 30.9 Å². The Morgan fingerprint density at radius 1 is 1.10 bits per heavy atom. The summed E-state index contributed by atoms with van der Waals surface area (Å²) in [5.74, 6) is 0.489. The fourth-order valence-electron chi connectivity index (χ4n) is 2.50. The zero-order valence-electron chi connectivity index (χ0n) is 10.8. The van der Waals surface area contributed by atoms with Crippen LogP contribution in [0.2, 0.25) is 0 Å². The molecule has 0 unspecified atom stereocenters. The van der Waals surface area contributed by atoms with Gasteiger partial charge in [-0.1, -0.05) is 0 Å². The van der Waals surface area contributed by atoms with Crippen LogP contribution in [0.1, 0.15) is 18.9 Å². The molecule has 3 aromatic heterocycles. The highest BCUT2D eigenvalue weighted by molar-refractivity contribution is 6.00. The molecule has 20 heavy (non-hydrogen) atoms. The van der Waals surface area contributed by atoms with Crippen molar-refractivity contribution in [3.05, 3.63) is 30.9 Å². The van der Waals surface area contributed by atoms with Crippen molar-refractivity contribution < 1.29 is 0 Å². The van der Waals surface area contributed by atoms with E-state index in [2.05, 4.69) is 25.7 Å². The van der Waals surface area contributed by atoms with Crippen molar-refractivity contribution in [1.29, 1.82) is 0 Å². The van der Waals surface area contributed by atoms with E-state index in [1.54, 1.807) is 6.20 Å². The van der Waals surface area contributed by atoms with Gasteiger partial charge in [-0.2, -0.15) is 0 Å². The Morgan fingerprint density at radius 2 is 1.95 bits per heavy atom. The number of pyridine rings is 1. The normalized spacial score (nSPS) is 14.8. The maximum absolute atomic E-state index is 6.04. The Kier molecular flexibility index (Phi) is 2.20. The molecule has 0 spiro atoms. The average Bonchev–Trinajstić information content (AvgIpc) is 3.21. The minimum atomic E-state index is 0.489. The van der Waals surface area contributed by atoms with E-state index in [1.165, 1.54) is 19.2 Å². The van der Waals surface area contributed by atoms with Gasteiger partial charge < -0.3 is 16.0 Å². The minimum Gasteiger partial charge on any atom is -0.397 e. The average molecular weight is 266 g/mol. The number of aromatic nitrogens is 4. The molecule has 0 amide bonds. The smallest absolute Gasteiger partial charge is 0.146 e. The number of fused-ring (bicyclic) bond motifs is 1. The molecule has 1 aliphatic rings. The van der Waals surface area contributed by atoms with Crippen LogP contribution in [-0.4, -0.2) is 19.5 Å². The van der Waals surface area contributed by atoms with Gasteiger partial charge in [0.15, 0.2) is 0 Å². The van der Waals surface area contributed by atoms with Crippen LogP contribution in [0, 0.1) is 0 Å². The lowest BCUT2D eigenvalue weighted by molar-refractivity contribution is 0.766. The number of nitrogens with two attached hydrogens (primary N) is 2. The molecule has 1 aliphatic carbocycles. The summed E-state index contributed by atoms with van der Waals surface area (Å²) in [5.41, 5.74) is 15.1. The predicted octanol–water partition coefficient (Wildman–Crippen LogP) is 1.99. The van der Waals surface area contributed by atoms with Crippen molar-refractivity contribution in [2.24, 2.45) is 0 Å². The van der Waals surface area contributed by atoms with Gasteiger partial charge >= 0.3 is 0 Å². The summed E-state index contributed by atoms with van der Waals surface area (Å²) in [7, 11) is 0. The Hall–Kier alpha value is -2.63. The third-order valence-corrected chi connectivity index (χ3v) is 3.64. The fraction of sp³-hybridized carbons (Fsp3) is 0.214. The summed E-state index contributed by atoms with van der Waals surface area (Å²) < 4.78 is 2.18. The van der Waals surface area contributed by atoms with Crippen LogP contribution in [0.4, 0.5) is 11.5 Å². The molecule has 4 rings (SSSR count). The van der Waals surface area contributed by atoms with E-state index in [9.17, 15) is 0 Å². The van der Waals surface area contributed by atoms with Crippen molar-refractivity contribution >= 4 is 22.5 Å². The molecule has 4 N–H and O–H groups in total. The lowest BCUT2D eigenvalue weighted by Gasteiger charge is -2.01. The highest BCUT2D eigenvalue weighted by Crippen LogP contribution is 2.41. The summed E-state index contributed by atoms with van der Waals surface area (Å²) in [4.78, 5) is 12.9. The SMILES string of the molecule is Nc1ccc(-c2cn(C3CC3)c3ncnc(N)c23)nc1. The number of rotatable bonds is 2. The van der Waals surface area contributed by atoms with Crippen LogP contribution in [0.25, 0.3) is 22.3 Å². The molecule has 0 bridgehead atoms. The summed E-state index contributed by atoms with van der Waals surface area (Å²) in [6, 6.07) is 4.26. The van der Waals surface area contributed by atoms with Gasteiger partial charge in [-0.05, 0) is 25.0 Å². The van der Waals surface area contributed by atoms with Crippen molar-refractivity contribution in [3.8, 4) is 11.3 Å². The topological polar surface area (TPSA) is 95.6 Å². The molecule has 100 valence electrons. The van der Waals surface area contributed by atoms with Crippen LogP contribution < -0.4 is 11.5 Å². The van der Waals surface area contributed by atoms with E-state index in [-0.39, 0.29) is 0 Å². The van der Waals surface area contributed by atoms with Gasteiger partial charge in [0.1, 0.15) is 17.8 Å². The highest BCUT2D eigenvalue weighted by atomic mass is 15.1. The number of anilines is 2. The lowest BCUT2D eigenvalue weighted by atomic mass is 10.1. The monoisotopic (exact) mass is 266 g/mol. The number of hydrogen-bond acceptors (Lipinski definition) is 5. The zero-order chi connectivity index (χ0) is 13.7. The second-order valence-corrected chi connectivity index (χ2v) is 5.12. The molecular weight excluding hydrogens is 252 g/mol. The molecule has 1 saturated carbocycles. The largest absolute Gasteiger partial charge is 0.397 e. The zero-order valence-corrected chi connectivity index (χ0v) is 10.8. The third kappa shape index (κ3) is 1.61. The van der Waals surface area contributed by atoms with E-state index >= 15 is 0 Å². The molecule has 6 heteroatoms. The van der Waals surface area contributed by atoms with Crippen LogP contribution >= 0.6 is 0 Å². The second kappa shape index (κ2) is 3.93. The quantitative estimate of drug-likeness (QED) is 0.739. The molecule has 1 fully saturated rings. The Labute approximate surface area is 115 Å². The van der Waals surface area contributed by atoms with Crippen molar-refractivity contribution in [2.45, 2.75) is 18.9 Å². The van der Waals surface area contributed by atoms with E-state index in [1.807, 2.05) is 12.1 Å². The first-order valence-corrected chi connectivity index (χ1v) is 6.57. The molecular formula is C14H14N6. The lowest BCUT2D eigenvalue weighted by Crippen LogP contribution is -1.96. The van der Waals surface area contributed by atoms with Crippen molar-refractivity contribution in [2.75, 3.05) is 11.5 Å². The first-order chi connectivity index (χ1) is 9.74. The molecule has 0 saturated heterocycles. The maximum Gasteiger partial charge on any atom is 0.146 e. The number of nitrogen functional groups attached to an aromatic ring is 2. The molecule has 0 aromatic carbocycles. The fourth-order valence-corrected chi connectivity index (χ4v) is 2.50. The van der Waals surface area contributed by atoms with Crippen molar-refractivity contribution in [1.82, 2.24) is 19.5 Å². The Balaban J connectivity index is 2.01. The van der Waals surface area contributed by atoms with E-state index in [0.29, 0.717) is 17.5 Å². The van der Waals surface area contributed by atoms with Gasteiger partial charge in [0.25, 0.3) is 0 Å². The Morgan fingerprint density at radius 3 is 2.65 bits per heavy atom. The van der Waals surface area contributed by atoms with E-state index in [0.717, 1.165) is 22.3 Å². The van der Waals surface area contributed by atoms with Crippen molar-refractivity contribution in [3.63, 3.8) is 0 Å². The molecule has 3 aromatic rings. The maximum atomic E-state index is 6.04. The molecule has 3 heterocycles. The summed E-state index contributed by atoms with van der Waals surface area (Å²) in [5, 5.41) is 0.872. The van der Waals surface area contributed by atoms with Gasteiger partial charge in [0.2, 0.25) is 0 Å². The first kappa shape index (κ1) is 11.2. The molecule has 0 radical (unpaired) electrons. The summed E-state index contributed by atoms with van der Waals surface area (Å²) in [6.07, 6.45) is 7.60. The summed E-state index contributed by atoms with van der Waals surface area (Å²) >= 11 is 0. The molecule has 6 nitrogen and oxygen atoms in total. The Bertz CT molecular complexity index is 785. The van der Waals surface area contributed by atoms with Gasteiger partial charge in [0.05, 0.1) is 23.0 Å². The number of hydrogen-bond donors (Lipinski definition) is 2. The third-order valence-electron chi connectivity index (χ3n) is 3.64. The van der Waals surface area contributed by atoms with Gasteiger partial charge in [-0.3, -0.25) is 4.98 Å². The molecule has 0 atom stereocenters. The number of nitrogens with zero attached hydrogens (tertiary/aromatic N) is 4. The standard InChI is InChI=1S/C14H14N6/c15-8-1-4-11(17-5-8)10-6-20(9-2-3-9)14-12(10)13(16)18-7-19-14/h1,4-7,9H,2-3,15H2,(H2,16,18,19). The summed E-state index contributed by atoms with van der Waals surface area (Å²) in [6.45, 7) is 0. The van der Waals surface area contributed by atoms with Gasteiger partial charge in [0, 0.05) is 17.8 Å². The van der Waals surface area contributed by atoms with E-state index in [4.69, 9.17) is 11.5 Å². The van der Waals surface area contributed by atoms with E-state index < -0.39 is 0 Å². The second-order valence-electron chi connectivity index (χ2n) is 5.12.